The highest BCUT2D eigenvalue weighted by Crippen LogP contribution is 2.16. The molecule has 2 atom stereocenters. The lowest BCUT2D eigenvalue weighted by Crippen LogP contribution is -2.43. The van der Waals surface area contributed by atoms with E-state index < -0.39 is 0 Å². The molecule has 0 saturated carbocycles. The average Bonchev–Trinajstić information content (AvgIpc) is 2.33. The Bertz CT molecular complexity index is 317. The van der Waals surface area contributed by atoms with Crippen molar-refractivity contribution in [3.63, 3.8) is 0 Å². The predicted octanol–water partition coefficient (Wildman–Crippen LogP) is 2.65. The van der Waals surface area contributed by atoms with Crippen LogP contribution in [-0.4, -0.2) is 25.8 Å². The maximum atomic E-state index is 5.86. The van der Waals surface area contributed by atoms with E-state index in [1.54, 1.807) is 7.11 Å². The van der Waals surface area contributed by atoms with Gasteiger partial charge in [0.2, 0.25) is 0 Å². The van der Waals surface area contributed by atoms with Gasteiger partial charge < -0.3 is 10.1 Å². The molecule has 0 spiro atoms. The zero-order chi connectivity index (χ0) is 11.4. The number of benzene rings is 1. The number of methoxy groups -OCH3 is 1. The molecule has 1 fully saturated rings. The highest BCUT2D eigenvalue weighted by molar-refractivity contribution is 6.30. The van der Waals surface area contributed by atoms with Crippen LogP contribution in [0, 0.1) is 0 Å². The molecule has 0 unspecified atom stereocenters. The van der Waals surface area contributed by atoms with Crippen LogP contribution in [0.1, 0.15) is 18.4 Å². The van der Waals surface area contributed by atoms with Gasteiger partial charge in [-0.25, -0.2) is 0 Å². The summed E-state index contributed by atoms with van der Waals surface area (Å²) in [5.41, 5.74) is 1.35. The highest BCUT2D eigenvalue weighted by atomic mass is 35.5. The van der Waals surface area contributed by atoms with Crippen LogP contribution in [0.15, 0.2) is 24.3 Å². The molecule has 0 amide bonds. The highest BCUT2D eigenvalue weighted by Gasteiger charge is 2.19. The molecule has 2 rings (SSSR count). The van der Waals surface area contributed by atoms with Crippen molar-refractivity contribution in [2.45, 2.75) is 31.4 Å². The fourth-order valence-corrected chi connectivity index (χ4v) is 2.30. The molecule has 2 nitrogen and oxygen atoms in total. The van der Waals surface area contributed by atoms with Crippen LogP contribution >= 0.6 is 11.6 Å². The minimum Gasteiger partial charge on any atom is -0.380 e. The Morgan fingerprint density at radius 1 is 1.31 bits per heavy atom. The van der Waals surface area contributed by atoms with Gasteiger partial charge in [0.25, 0.3) is 0 Å². The van der Waals surface area contributed by atoms with Crippen LogP contribution in [0.5, 0.6) is 0 Å². The maximum absolute atomic E-state index is 5.86. The second-order valence-electron chi connectivity index (χ2n) is 4.37. The second-order valence-corrected chi connectivity index (χ2v) is 4.81. The summed E-state index contributed by atoms with van der Waals surface area (Å²) in [5, 5.41) is 4.33. The molecular formula is C13H18ClNO. The van der Waals surface area contributed by atoms with Gasteiger partial charge in [-0.1, -0.05) is 23.7 Å². The molecule has 1 aliphatic heterocycles. The molecule has 16 heavy (non-hydrogen) atoms. The Kier molecular flexibility index (Phi) is 4.22. The molecule has 0 aliphatic carbocycles. The van der Waals surface area contributed by atoms with Crippen LogP contribution in [0.3, 0.4) is 0 Å². The van der Waals surface area contributed by atoms with Gasteiger partial charge in [0.15, 0.2) is 0 Å². The van der Waals surface area contributed by atoms with Crippen molar-refractivity contribution in [2.24, 2.45) is 0 Å². The molecule has 1 aromatic rings. The zero-order valence-electron chi connectivity index (χ0n) is 9.58. The maximum Gasteiger partial charge on any atom is 0.0696 e. The molecule has 1 saturated heterocycles. The van der Waals surface area contributed by atoms with E-state index in [0.717, 1.165) is 24.4 Å². The summed E-state index contributed by atoms with van der Waals surface area (Å²) < 4.78 is 5.33. The van der Waals surface area contributed by atoms with Gasteiger partial charge in [-0.2, -0.15) is 0 Å². The summed E-state index contributed by atoms with van der Waals surface area (Å²) in [4.78, 5) is 0. The fraction of sp³-hybridized carbons (Fsp3) is 0.538. The Hall–Kier alpha value is -0.570. The molecule has 1 aromatic carbocycles. The number of hydrogen-bond acceptors (Lipinski definition) is 2. The zero-order valence-corrected chi connectivity index (χ0v) is 10.3. The predicted molar refractivity (Wildman–Crippen MR) is 67.0 cm³/mol. The summed E-state index contributed by atoms with van der Waals surface area (Å²) in [7, 11) is 1.78. The molecule has 0 radical (unpaired) electrons. The van der Waals surface area contributed by atoms with Crippen LogP contribution in [0.4, 0.5) is 0 Å². The van der Waals surface area contributed by atoms with Crippen LogP contribution in [0.25, 0.3) is 0 Å². The van der Waals surface area contributed by atoms with E-state index in [1.165, 1.54) is 12.0 Å². The first-order valence-corrected chi connectivity index (χ1v) is 6.16. The minimum atomic E-state index is 0.390. The molecule has 3 heteroatoms. The van der Waals surface area contributed by atoms with E-state index in [0.29, 0.717) is 12.1 Å². The summed E-state index contributed by atoms with van der Waals surface area (Å²) in [6.45, 7) is 0.967. The molecular weight excluding hydrogens is 222 g/mol. The van der Waals surface area contributed by atoms with Gasteiger partial charge >= 0.3 is 0 Å². The lowest BCUT2D eigenvalue weighted by Gasteiger charge is -2.29. The number of hydrogen-bond donors (Lipinski definition) is 1. The second kappa shape index (κ2) is 5.67. The summed E-state index contributed by atoms with van der Waals surface area (Å²) in [6.07, 6.45) is 3.80. The first-order chi connectivity index (χ1) is 7.78. The average molecular weight is 240 g/mol. The SMILES string of the molecule is CO[C@@H]1CC[C@H](Cc2ccc(Cl)cc2)NC1. The Balaban J connectivity index is 1.84. The lowest BCUT2D eigenvalue weighted by atomic mass is 9.96. The van der Waals surface area contributed by atoms with Gasteiger partial charge in [-0.05, 0) is 37.0 Å². The molecule has 1 heterocycles. The number of nitrogens with one attached hydrogen (secondary N) is 1. The minimum absolute atomic E-state index is 0.390. The van der Waals surface area contributed by atoms with Gasteiger partial charge in [-0.15, -0.1) is 0 Å². The standard InChI is InChI=1S/C13H18ClNO/c1-16-13-7-6-12(15-9-13)8-10-2-4-11(14)5-3-10/h2-5,12-13,15H,6-9H2,1H3/t12-,13-/m1/s1. The normalized spacial score (nSPS) is 25.6. The Morgan fingerprint density at radius 3 is 2.62 bits per heavy atom. The van der Waals surface area contributed by atoms with E-state index in [1.807, 2.05) is 12.1 Å². The van der Waals surface area contributed by atoms with E-state index in [-0.39, 0.29) is 0 Å². The molecule has 1 aliphatic rings. The monoisotopic (exact) mass is 239 g/mol. The molecule has 88 valence electrons. The van der Waals surface area contributed by atoms with Crippen LogP contribution in [0.2, 0.25) is 5.02 Å². The van der Waals surface area contributed by atoms with E-state index >= 15 is 0 Å². The summed E-state index contributed by atoms with van der Waals surface area (Å²) in [5.74, 6) is 0. The van der Waals surface area contributed by atoms with Crippen molar-refractivity contribution in [1.82, 2.24) is 5.32 Å². The van der Waals surface area contributed by atoms with Gasteiger partial charge in [0.1, 0.15) is 0 Å². The largest absolute Gasteiger partial charge is 0.380 e. The van der Waals surface area contributed by atoms with Gasteiger partial charge in [0, 0.05) is 24.7 Å². The van der Waals surface area contributed by atoms with Crippen molar-refractivity contribution in [3.05, 3.63) is 34.9 Å². The van der Waals surface area contributed by atoms with Crippen molar-refractivity contribution in [1.29, 1.82) is 0 Å². The topological polar surface area (TPSA) is 21.3 Å². The van der Waals surface area contributed by atoms with Crippen molar-refractivity contribution in [2.75, 3.05) is 13.7 Å². The van der Waals surface area contributed by atoms with Crippen LogP contribution < -0.4 is 5.32 Å². The number of piperidine rings is 1. The van der Waals surface area contributed by atoms with Crippen molar-refractivity contribution >= 4 is 11.6 Å². The Morgan fingerprint density at radius 2 is 2.06 bits per heavy atom. The molecule has 1 N–H and O–H groups in total. The van der Waals surface area contributed by atoms with E-state index in [9.17, 15) is 0 Å². The van der Waals surface area contributed by atoms with Crippen LogP contribution in [-0.2, 0) is 11.2 Å². The molecule has 0 aromatic heterocycles. The number of halogens is 1. The first kappa shape index (κ1) is 11.9. The number of ether oxygens (including phenoxy) is 1. The van der Waals surface area contributed by atoms with Crippen molar-refractivity contribution < 1.29 is 4.74 Å². The molecule has 0 bridgehead atoms. The first-order valence-electron chi connectivity index (χ1n) is 5.78. The lowest BCUT2D eigenvalue weighted by molar-refractivity contribution is 0.0705. The fourth-order valence-electron chi connectivity index (χ4n) is 2.17. The third kappa shape index (κ3) is 3.21. The summed E-state index contributed by atoms with van der Waals surface area (Å²) in [6, 6.07) is 8.70. The van der Waals surface area contributed by atoms with Gasteiger partial charge in [-0.3, -0.25) is 0 Å². The smallest absolute Gasteiger partial charge is 0.0696 e. The quantitative estimate of drug-likeness (QED) is 0.876. The van der Waals surface area contributed by atoms with E-state index in [4.69, 9.17) is 16.3 Å². The third-order valence-electron chi connectivity index (χ3n) is 3.20. The number of rotatable bonds is 3. The van der Waals surface area contributed by atoms with Gasteiger partial charge in [0.05, 0.1) is 6.10 Å². The summed E-state index contributed by atoms with van der Waals surface area (Å²) >= 11 is 5.86. The third-order valence-corrected chi connectivity index (χ3v) is 3.45. The Labute approximate surface area is 102 Å². The van der Waals surface area contributed by atoms with Crippen molar-refractivity contribution in [3.8, 4) is 0 Å². The van der Waals surface area contributed by atoms with E-state index in [2.05, 4.69) is 17.4 Å².